The molecule has 0 bridgehead atoms. The lowest BCUT2D eigenvalue weighted by atomic mass is 9.95. The molecule has 4 atom stereocenters. The molecule has 2 aliphatic carbocycles. The van der Waals surface area contributed by atoms with Crippen LogP contribution in [0.5, 0.6) is 0 Å². The molecule has 7 rings (SSSR count). The van der Waals surface area contributed by atoms with Crippen molar-refractivity contribution >= 4 is 16.9 Å². The number of hydrogen-bond donors (Lipinski definition) is 1. The molecule has 3 heterocycles. The highest BCUT2D eigenvalue weighted by molar-refractivity contribution is 7.82. The van der Waals surface area contributed by atoms with E-state index in [1.165, 1.54) is 6.20 Å². The maximum Gasteiger partial charge on any atom is 0.293 e. The van der Waals surface area contributed by atoms with Crippen molar-refractivity contribution < 1.29 is 35.3 Å². The normalized spacial score (nSPS) is 21.1. The van der Waals surface area contributed by atoms with Gasteiger partial charge in [0, 0.05) is 42.4 Å². The van der Waals surface area contributed by atoms with Gasteiger partial charge in [-0.1, -0.05) is 24.6 Å². The van der Waals surface area contributed by atoms with Crippen LogP contribution in [0.2, 0.25) is 0 Å². The van der Waals surface area contributed by atoms with Crippen LogP contribution >= 0.6 is 0 Å². The van der Waals surface area contributed by atoms with Crippen LogP contribution in [0, 0.1) is 17.6 Å². The molecule has 0 spiro atoms. The summed E-state index contributed by atoms with van der Waals surface area (Å²) in [5, 5.41) is 6.47. The van der Waals surface area contributed by atoms with Crippen LogP contribution in [0.15, 0.2) is 65.7 Å². The molecule has 1 saturated heterocycles. The topological polar surface area (TPSA) is 80.1 Å². The molecule has 252 valence electrons. The van der Waals surface area contributed by atoms with Crippen LogP contribution in [0.4, 0.5) is 26.3 Å². The van der Waals surface area contributed by atoms with E-state index in [9.17, 15) is 26.6 Å². The molecule has 2 fully saturated rings. The maximum atomic E-state index is 15.1. The van der Waals surface area contributed by atoms with Gasteiger partial charge in [0.15, 0.2) is 0 Å². The minimum Gasteiger partial charge on any atom is -0.346 e. The third-order valence-electron chi connectivity index (χ3n) is 9.24. The van der Waals surface area contributed by atoms with Crippen LogP contribution in [-0.2, 0) is 34.7 Å². The number of benzene rings is 2. The largest absolute Gasteiger partial charge is 0.346 e. The van der Waals surface area contributed by atoms with E-state index >= 15 is 8.78 Å². The van der Waals surface area contributed by atoms with Gasteiger partial charge in [0.2, 0.25) is 5.91 Å². The lowest BCUT2D eigenvalue weighted by Crippen LogP contribution is -2.35. The van der Waals surface area contributed by atoms with Gasteiger partial charge in [-0.25, -0.2) is 26.1 Å². The highest BCUT2D eigenvalue weighted by Crippen LogP contribution is 2.68. The number of nitrogens with one attached hydrogen (secondary N) is 1. The van der Waals surface area contributed by atoms with Crippen LogP contribution in [-0.4, -0.2) is 42.3 Å². The number of rotatable bonds is 10. The van der Waals surface area contributed by atoms with Gasteiger partial charge in [0.05, 0.1) is 16.6 Å². The monoisotopic (exact) mass is 687 g/mol. The minimum absolute atomic E-state index is 0.0848. The van der Waals surface area contributed by atoms with Gasteiger partial charge < -0.3 is 5.32 Å². The Balaban J connectivity index is 1.19. The lowest BCUT2D eigenvalue weighted by molar-refractivity contribution is -0.123. The predicted molar refractivity (Wildman–Crippen MR) is 164 cm³/mol. The fourth-order valence-corrected chi connectivity index (χ4v) is 8.26. The quantitative estimate of drug-likeness (QED) is 0.183. The molecule has 2 aromatic carbocycles. The van der Waals surface area contributed by atoms with Crippen molar-refractivity contribution in [2.24, 2.45) is 5.92 Å². The fourth-order valence-electron chi connectivity index (χ4n) is 7.00. The second kappa shape index (κ2) is 12.8. The van der Waals surface area contributed by atoms with Gasteiger partial charge in [-0.15, -0.1) is 0 Å². The van der Waals surface area contributed by atoms with E-state index in [1.807, 2.05) is 4.31 Å². The molecule has 1 saturated carbocycles. The Morgan fingerprint density at radius 3 is 2.40 bits per heavy atom. The van der Waals surface area contributed by atoms with Crippen LogP contribution in [0.25, 0.3) is 11.1 Å². The van der Waals surface area contributed by atoms with E-state index in [0.717, 1.165) is 44.5 Å². The summed E-state index contributed by atoms with van der Waals surface area (Å²) < 4.78 is 102. The first-order valence-corrected chi connectivity index (χ1v) is 16.9. The summed E-state index contributed by atoms with van der Waals surface area (Å²) >= 11 is 0. The van der Waals surface area contributed by atoms with Gasteiger partial charge in [0.1, 0.15) is 40.6 Å². The van der Waals surface area contributed by atoms with Crippen molar-refractivity contribution in [3.8, 4) is 11.1 Å². The van der Waals surface area contributed by atoms with E-state index in [4.69, 9.17) is 0 Å². The van der Waals surface area contributed by atoms with E-state index in [-0.39, 0.29) is 24.0 Å². The molecule has 0 radical (unpaired) electrons. The van der Waals surface area contributed by atoms with Gasteiger partial charge in [0.25, 0.3) is 12.3 Å². The number of nitrogens with zero attached hydrogens (tertiary/aromatic N) is 4. The number of carbonyl (C=O) groups is 1. The smallest absolute Gasteiger partial charge is 0.293 e. The molecule has 4 aromatic rings. The van der Waals surface area contributed by atoms with E-state index < -0.39 is 76.7 Å². The van der Waals surface area contributed by atoms with E-state index in [0.29, 0.717) is 32.5 Å². The highest BCUT2D eigenvalue weighted by atomic mass is 32.2. The molecule has 3 unspecified atom stereocenters. The number of carbonyl (C=O) groups excluding carboxylic acids is 1. The van der Waals surface area contributed by atoms with Gasteiger partial charge in [-0.2, -0.15) is 13.9 Å². The summed E-state index contributed by atoms with van der Waals surface area (Å²) in [4.78, 5) is 18.6. The average molecular weight is 688 g/mol. The lowest BCUT2D eigenvalue weighted by Gasteiger charge is -2.25. The zero-order valence-electron chi connectivity index (χ0n) is 25.5. The molecule has 14 heteroatoms. The third kappa shape index (κ3) is 6.15. The van der Waals surface area contributed by atoms with Crippen molar-refractivity contribution in [2.75, 3.05) is 13.1 Å². The van der Waals surface area contributed by atoms with Crippen LogP contribution in [0.1, 0.15) is 72.3 Å². The zero-order chi connectivity index (χ0) is 33.7. The first-order valence-electron chi connectivity index (χ1n) is 15.7. The Hall–Kier alpha value is -4.04. The van der Waals surface area contributed by atoms with Gasteiger partial charge in [-0.05, 0) is 73.1 Å². The number of hydrogen-bond acceptors (Lipinski definition) is 4. The van der Waals surface area contributed by atoms with Crippen molar-refractivity contribution in [3.05, 3.63) is 101 Å². The first kappa shape index (κ1) is 32.5. The second-order valence-electron chi connectivity index (χ2n) is 12.5. The number of piperidine rings is 1. The second-order valence-corrected chi connectivity index (χ2v) is 14.0. The Labute approximate surface area is 274 Å². The number of aromatic nitrogens is 3. The summed E-state index contributed by atoms with van der Waals surface area (Å²) in [6.07, 6.45) is 1.39. The molecule has 3 aliphatic rings. The zero-order valence-corrected chi connectivity index (χ0v) is 26.3. The molecule has 7 nitrogen and oxygen atoms in total. The number of pyridine rings is 1. The standard InChI is InChI=1S/C34H31F6N5O2S/c35-21-13-19(14-22(36)16-21)15-27(42-28(46)18-45-32-29(31(43-45)33(37)38)25-17-26(25)34(32,39)40)30-24(5-4-10-41-30)20-6-8-23(9-7-20)48(47)44-11-2-1-3-12-44/h4-10,13-14,16,25-27,33H,1-3,11-12,15,17-18H2,(H,42,46)/t25?,26?,27-,48?/m0/s1. The van der Waals surface area contributed by atoms with E-state index in [2.05, 4.69) is 15.4 Å². The minimum atomic E-state index is -3.41. The average Bonchev–Trinajstić information content (AvgIpc) is 3.72. The molecule has 1 amide bonds. The molecule has 48 heavy (non-hydrogen) atoms. The van der Waals surface area contributed by atoms with Gasteiger partial charge >= 0.3 is 0 Å². The van der Waals surface area contributed by atoms with E-state index in [1.54, 1.807) is 36.4 Å². The third-order valence-corrected chi connectivity index (χ3v) is 10.8. The Morgan fingerprint density at radius 1 is 1.00 bits per heavy atom. The molecular weight excluding hydrogens is 656 g/mol. The van der Waals surface area contributed by atoms with Crippen LogP contribution < -0.4 is 5.32 Å². The first-order chi connectivity index (χ1) is 23.0. The number of halogens is 6. The van der Waals surface area contributed by atoms with Crippen LogP contribution in [0.3, 0.4) is 0 Å². The van der Waals surface area contributed by atoms with Gasteiger partial charge in [-0.3, -0.25) is 14.5 Å². The number of amides is 1. The molecule has 2 aromatic heterocycles. The maximum absolute atomic E-state index is 15.1. The highest BCUT2D eigenvalue weighted by Gasteiger charge is 2.67. The summed E-state index contributed by atoms with van der Waals surface area (Å²) in [6, 6.07) is 12.3. The Kier molecular flexibility index (Phi) is 8.65. The Bertz CT molecular complexity index is 1860. The molecule has 1 N–H and O–H groups in total. The number of fused-ring (bicyclic) bond motifs is 3. The SMILES string of the molecule is O=C(Cn1nc(C(F)F)c2c1C(F)(F)C1CC21)N[C@@H](Cc1cc(F)cc(F)c1)c1ncccc1-c1ccc(S(=O)N2CCCCC2)cc1. The Morgan fingerprint density at radius 2 is 1.71 bits per heavy atom. The number of alkyl halides is 4. The van der Waals surface area contributed by atoms with Crippen molar-refractivity contribution in [1.29, 1.82) is 0 Å². The molecule has 1 aliphatic heterocycles. The summed E-state index contributed by atoms with van der Waals surface area (Å²) in [7, 11) is -1.33. The molecular formula is C34H31F6N5O2S. The summed E-state index contributed by atoms with van der Waals surface area (Å²) in [5.41, 5.74) is 0.119. The van der Waals surface area contributed by atoms with Crippen molar-refractivity contribution in [2.45, 2.75) is 67.9 Å². The summed E-state index contributed by atoms with van der Waals surface area (Å²) in [6.45, 7) is 0.705. The van der Waals surface area contributed by atoms with Crippen molar-refractivity contribution in [1.82, 2.24) is 24.4 Å². The fraction of sp³-hybridized carbons (Fsp3) is 0.382. The van der Waals surface area contributed by atoms with Crippen molar-refractivity contribution in [3.63, 3.8) is 0 Å². The predicted octanol–water partition coefficient (Wildman–Crippen LogP) is 6.98. The summed E-state index contributed by atoms with van der Waals surface area (Å²) in [5.74, 6) is -7.71.